The fourth-order valence-electron chi connectivity index (χ4n) is 3.97. The maximum atomic E-state index is 13.5. The molecule has 0 spiro atoms. The minimum absolute atomic E-state index is 0.157. The number of urea groups is 1. The molecular formula is C23H31N3O3. The zero-order valence-corrected chi connectivity index (χ0v) is 17.8. The number of anilines is 2. The predicted octanol–water partition coefficient (Wildman–Crippen LogP) is 5.59. The van der Waals surface area contributed by atoms with E-state index in [1.165, 1.54) is 19.1 Å². The third kappa shape index (κ3) is 4.81. The van der Waals surface area contributed by atoms with Crippen LogP contribution < -0.4 is 19.7 Å². The van der Waals surface area contributed by atoms with Crippen molar-refractivity contribution >= 4 is 17.4 Å². The highest BCUT2D eigenvalue weighted by Gasteiger charge is 2.29. The fraction of sp³-hybridized carbons (Fsp3) is 0.478. The maximum absolute atomic E-state index is 13.5. The van der Waals surface area contributed by atoms with E-state index in [0.717, 1.165) is 31.4 Å². The van der Waals surface area contributed by atoms with Gasteiger partial charge in [0, 0.05) is 17.8 Å². The Morgan fingerprint density at radius 1 is 1.07 bits per heavy atom. The van der Waals surface area contributed by atoms with Crippen molar-refractivity contribution in [3.05, 3.63) is 42.0 Å². The van der Waals surface area contributed by atoms with E-state index in [2.05, 4.69) is 30.2 Å². The van der Waals surface area contributed by atoms with Gasteiger partial charge in [0.25, 0.3) is 0 Å². The first kappa shape index (κ1) is 21.0. The molecule has 0 radical (unpaired) electrons. The number of hydrogen-bond donors (Lipinski definition) is 1. The second-order valence-electron chi connectivity index (χ2n) is 7.72. The molecule has 2 amide bonds. The zero-order chi connectivity index (χ0) is 20.8. The van der Waals surface area contributed by atoms with Gasteiger partial charge in [0.2, 0.25) is 11.8 Å². The average Bonchev–Trinajstić information content (AvgIpc) is 2.75. The first-order chi connectivity index (χ1) is 14.0. The van der Waals surface area contributed by atoms with Crippen LogP contribution in [-0.4, -0.2) is 31.3 Å². The van der Waals surface area contributed by atoms with E-state index in [9.17, 15) is 4.79 Å². The van der Waals surface area contributed by atoms with Crippen LogP contribution >= 0.6 is 0 Å². The molecule has 6 heteroatoms. The second-order valence-corrected chi connectivity index (χ2v) is 7.72. The van der Waals surface area contributed by atoms with Gasteiger partial charge in [-0.2, -0.15) is 4.98 Å². The van der Waals surface area contributed by atoms with E-state index in [4.69, 9.17) is 9.47 Å². The van der Waals surface area contributed by atoms with E-state index < -0.39 is 0 Å². The highest BCUT2D eigenvalue weighted by Crippen LogP contribution is 2.34. The van der Waals surface area contributed by atoms with Crippen LogP contribution in [0.4, 0.5) is 16.2 Å². The summed E-state index contributed by atoms with van der Waals surface area (Å²) in [7, 11) is 3.08. The molecule has 2 aromatic rings. The Bertz CT molecular complexity index is 832. The molecule has 3 rings (SSSR count). The van der Waals surface area contributed by atoms with Crippen molar-refractivity contribution in [2.45, 2.75) is 57.9 Å². The highest BCUT2D eigenvalue weighted by atomic mass is 16.5. The van der Waals surface area contributed by atoms with Gasteiger partial charge in [-0.25, -0.2) is 4.79 Å². The van der Waals surface area contributed by atoms with E-state index in [1.807, 2.05) is 23.1 Å². The molecule has 156 valence electrons. The summed E-state index contributed by atoms with van der Waals surface area (Å²) < 4.78 is 10.5. The van der Waals surface area contributed by atoms with Crippen LogP contribution in [0, 0.1) is 0 Å². The molecule has 1 saturated carbocycles. The number of carbonyl (C=O) groups excluding carboxylic acids is 1. The Labute approximate surface area is 173 Å². The number of amides is 2. The largest absolute Gasteiger partial charge is 0.481 e. The summed E-state index contributed by atoms with van der Waals surface area (Å²) in [6, 6.07) is 11.7. The highest BCUT2D eigenvalue weighted by molar-refractivity contribution is 6.03. The summed E-state index contributed by atoms with van der Waals surface area (Å²) in [5, 5.41) is 3.02. The van der Waals surface area contributed by atoms with Crippen molar-refractivity contribution in [3.63, 3.8) is 0 Å². The number of para-hydroxylation sites is 1. The van der Waals surface area contributed by atoms with Gasteiger partial charge in [0.15, 0.2) is 0 Å². The van der Waals surface area contributed by atoms with Crippen LogP contribution in [0.2, 0.25) is 0 Å². The first-order valence-electron chi connectivity index (χ1n) is 10.3. The fourth-order valence-corrected chi connectivity index (χ4v) is 3.97. The van der Waals surface area contributed by atoms with Crippen molar-refractivity contribution in [2.24, 2.45) is 0 Å². The summed E-state index contributed by atoms with van der Waals surface area (Å²) in [5.74, 6) is 1.09. The van der Waals surface area contributed by atoms with Crippen LogP contribution in [0.1, 0.15) is 57.4 Å². The van der Waals surface area contributed by atoms with Crippen LogP contribution in [0.15, 0.2) is 36.4 Å². The average molecular weight is 398 g/mol. The molecule has 1 aromatic heterocycles. The number of hydrogen-bond acceptors (Lipinski definition) is 4. The van der Waals surface area contributed by atoms with Crippen molar-refractivity contribution in [3.8, 4) is 11.8 Å². The smallest absolute Gasteiger partial charge is 0.326 e. The lowest BCUT2D eigenvalue weighted by molar-refractivity contribution is 0.252. The van der Waals surface area contributed by atoms with Gasteiger partial charge in [-0.05, 0) is 36.5 Å². The van der Waals surface area contributed by atoms with Crippen molar-refractivity contribution in [1.82, 2.24) is 4.98 Å². The first-order valence-corrected chi connectivity index (χ1v) is 10.3. The number of carbonyl (C=O) groups is 1. The van der Waals surface area contributed by atoms with Crippen LogP contribution in [0.25, 0.3) is 0 Å². The van der Waals surface area contributed by atoms with Crippen LogP contribution in [-0.2, 0) is 0 Å². The topological polar surface area (TPSA) is 63.7 Å². The summed E-state index contributed by atoms with van der Waals surface area (Å²) >= 11 is 0. The molecule has 1 aliphatic carbocycles. The third-order valence-corrected chi connectivity index (χ3v) is 5.46. The molecule has 6 nitrogen and oxygen atoms in total. The lowest BCUT2D eigenvalue weighted by Crippen LogP contribution is -2.44. The number of aromatic nitrogens is 1. The lowest BCUT2D eigenvalue weighted by atomic mass is 9.92. The molecule has 0 unspecified atom stereocenters. The predicted molar refractivity (Wildman–Crippen MR) is 116 cm³/mol. The van der Waals surface area contributed by atoms with Gasteiger partial charge >= 0.3 is 6.03 Å². The van der Waals surface area contributed by atoms with Gasteiger partial charge in [-0.15, -0.1) is 0 Å². The number of ether oxygens (including phenoxy) is 2. The Morgan fingerprint density at radius 2 is 1.79 bits per heavy atom. The molecule has 0 bridgehead atoms. The molecular weight excluding hydrogens is 366 g/mol. The van der Waals surface area contributed by atoms with Crippen LogP contribution in [0.3, 0.4) is 0 Å². The summed E-state index contributed by atoms with van der Waals surface area (Å²) in [5.41, 5.74) is 2.68. The van der Waals surface area contributed by atoms with Gasteiger partial charge in [-0.3, -0.25) is 4.90 Å². The molecule has 1 fully saturated rings. The number of nitrogens with zero attached hydrogens (tertiary/aromatic N) is 2. The Kier molecular flexibility index (Phi) is 6.96. The van der Waals surface area contributed by atoms with E-state index in [1.54, 1.807) is 19.2 Å². The summed E-state index contributed by atoms with van der Waals surface area (Å²) in [6.07, 6.45) is 5.54. The van der Waals surface area contributed by atoms with Gasteiger partial charge < -0.3 is 14.8 Å². The molecule has 29 heavy (non-hydrogen) atoms. The molecule has 0 atom stereocenters. The molecule has 1 aromatic carbocycles. The molecule has 1 heterocycles. The van der Waals surface area contributed by atoms with E-state index >= 15 is 0 Å². The maximum Gasteiger partial charge on any atom is 0.326 e. The van der Waals surface area contributed by atoms with Crippen molar-refractivity contribution < 1.29 is 14.3 Å². The Balaban J connectivity index is 1.96. The Hall–Kier alpha value is -2.76. The molecule has 0 saturated heterocycles. The monoisotopic (exact) mass is 397 g/mol. The number of rotatable bonds is 6. The van der Waals surface area contributed by atoms with Gasteiger partial charge in [0.05, 0.1) is 14.2 Å². The van der Waals surface area contributed by atoms with Crippen molar-refractivity contribution in [2.75, 3.05) is 24.4 Å². The van der Waals surface area contributed by atoms with Crippen LogP contribution in [0.5, 0.6) is 11.8 Å². The number of methoxy groups -OCH3 is 2. The quantitative estimate of drug-likeness (QED) is 0.690. The molecule has 1 N–H and O–H groups in total. The minimum atomic E-state index is -0.157. The molecule has 0 aliphatic heterocycles. The number of benzene rings is 1. The SMILES string of the molecule is COc1ccc(NC(=O)N(c2ccccc2C(C)C)C2CCCCC2)c(OC)n1. The zero-order valence-electron chi connectivity index (χ0n) is 17.8. The number of pyridine rings is 1. The second kappa shape index (κ2) is 9.63. The lowest BCUT2D eigenvalue weighted by Gasteiger charge is -2.36. The normalized spacial score (nSPS) is 14.5. The van der Waals surface area contributed by atoms with Gasteiger partial charge in [-0.1, -0.05) is 51.3 Å². The summed E-state index contributed by atoms with van der Waals surface area (Å²) in [6.45, 7) is 4.32. The van der Waals surface area contributed by atoms with Gasteiger partial charge in [0.1, 0.15) is 5.69 Å². The number of nitrogens with one attached hydrogen (secondary N) is 1. The third-order valence-electron chi connectivity index (χ3n) is 5.46. The minimum Gasteiger partial charge on any atom is -0.481 e. The van der Waals surface area contributed by atoms with E-state index in [0.29, 0.717) is 23.4 Å². The molecule has 1 aliphatic rings. The standard InChI is InChI=1S/C23H31N3O3/c1-16(2)18-12-8-9-13-20(18)26(17-10-6-5-7-11-17)23(27)24-19-14-15-21(28-3)25-22(19)29-4/h8-9,12-17H,5-7,10-11H2,1-4H3,(H,24,27). The summed E-state index contributed by atoms with van der Waals surface area (Å²) in [4.78, 5) is 19.7. The van der Waals surface area contributed by atoms with Crippen molar-refractivity contribution in [1.29, 1.82) is 0 Å². The van der Waals surface area contributed by atoms with E-state index in [-0.39, 0.29) is 12.1 Å². The Morgan fingerprint density at radius 3 is 2.45 bits per heavy atom.